The maximum atomic E-state index is 15.2. The average molecular weight is 690 g/mol. The number of nitrogens with zero attached hydrogens (tertiary/aromatic N) is 3. The molecule has 49 heavy (non-hydrogen) atoms. The molecule has 4 N–H and O–H groups in total. The zero-order valence-corrected chi connectivity index (χ0v) is 28.4. The molecule has 0 saturated carbocycles. The van der Waals surface area contributed by atoms with Gasteiger partial charge < -0.3 is 25.8 Å². The number of nitrogens with one attached hydrogen (secondary N) is 1. The van der Waals surface area contributed by atoms with Gasteiger partial charge in [0.25, 0.3) is 5.91 Å². The fourth-order valence-corrected chi connectivity index (χ4v) is 6.23. The van der Waals surface area contributed by atoms with E-state index in [0.29, 0.717) is 32.4 Å². The molecule has 2 heterocycles. The highest BCUT2D eigenvalue weighted by Gasteiger charge is 2.25. The number of rotatable bonds is 14. The van der Waals surface area contributed by atoms with Crippen molar-refractivity contribution in [2.75, 3.05) is 24.6 Å². The lowest BCUT2D eigenvalue weighted by molar-refractivity contribution is -0.138. The van der Waals surface area contributed by atoms with Crippen molar-refractivity contribution in [3.8, 4) is 16.9 Å². The molecule has 1 aliphatic rings. The third-order valence-electron chi connectivity index (χ3n) is 8.86. The Bertz CT molecular complexity index is 1820. The van der Waals surface area contributed by atoms with Gasteiger partial charge in [-0.2, -0.15) is 5.10 Å². The predicted molar refractivity (Wildman–Crippen MR) is 187 cm³/mol. The first kappa shape index (κ1) is 35.6. The van der Waals surface area contributed by atoms with E-state index in [0.717, 1.165) is 52.6 Å². The van der Waals surface area contributed by atoms with Crippen molar-refractivity contribution in [2.24, 2.45) is 5.73 Å². The molecule has 258 valence electrons. The number of carbonyl (C=O) groups is 3. The van der Waals surface area contributed by atoms with Crippen LogP contribution >= 0.6 is 11.6 Å². The van der Waals surface area contributed by atoms with E-state index in [9.17, 15) is 14.4 Å². The number of carbonyl (C=O) groups excluding carboxylic acids is 2. The van der Waals surface area contributed by atoms with E-state index in [-0.39, 0.29) is 41.6 Å². The van der Waals surface area contributed by atoms with E-state index in [4.69, 9.17) is 27.2 Å². The molecule has 0 spiro atoms. The van der Waals surface area contributed by atoms with Crippen molar-refractivity contribution < 1.29 is 28.6 Å². The molecule has 1 aromatic heterocycles. The van der Waals surface area contributed by atoms with Crippen LogP contribution in [0.3, 0.4) is 0 Å². The summed E-state index contributed by atoms with van der Waals surface area (Å²) in [6.45, 7) is 5.43. The Labute approximate surface area is 290 Å². The van der Waals surface area contributed by atoms with E-state index < -0.39 is 23.7 Å². The third kappa shape index (κ3) is 8.65. The van der Waals surface area contributed by atoms with Gasteiger partial charge in [-0.1, -0.05) is 35.9 Å². The second-order valence-corrected chi connectivity index (χ2v) is 12.7. The van der Waals surface area contributed by atoms with Gasteiger partial charge >= 0.3 is 5.97 Å². The Balaban J connectivity index is 1.21. The van der Waals surface area contributed by atoms with E-state index in [1.165, 1.54) is 11.6 Å². The number of fused-ring (bicyclic) bond motifs is 1. The first-order valence-electron chi connectivity index (χ1n) is 16.4. The summed E-state index contributed by atoms with van der Waals surface area (Å²) in [6.07, 6.45) is 6.72. The number of halogens is 2. The van der Waals surface area contributed by atoms with Crippen molar-refractivity contribution in [3.05, 3.63) is 99.6 Å². The largest absolute Gasteiger partial charge is 0.493 e. The molecule has 12 heteroatoms. The number of ether oxygens (including phenoxy) is 1. The lowest BCUT2D eigenvalue weighted by Gasteiger charge is -2.31. The Morgan fingerprint density at radius 1 is 1.14 bits per heavy atom. The van der Waals surface area contributed by atoms with Crippen LogP contribution in [0.25, 0.3) is 11.1 Å². The van der Waals surface area contributed by atoms with Gasteiger partial charge in [-0.3, -0.25) is 19.1 Å². The predicted octanol–water partition coefficient (Wildman–Crippen LogP) is 6.07. The molecule has 0 saturated heterocycles. The average Bonchev–Trinajstić information content (AvgIpc) is 3.55. The molecule has 3 aromatic carbocycles. The Morgan fingerprint density at radius 2 is 1.94 bits per heavy atom. The summed E-state index contributed by atoms with van der Waals surface area (Å²) in [5.74, 6) is -1.37. The molecule has 0 radical (unpaired) electrons. The van der Waals surface area contributed by atoms with Crippen molar-refractivity contribution >= 4 is 35.1 Å². The van der Waals surface area contributed by atoms with Gasteiger partial charge in [0.15, 0.2) is 0 Å². The van der Waals surface area contributed by atoms with Crippen LogP contribution < -0.4 is 20.7 Å². The molecule has 0 fully saturated rings. The van der Waals surface area contributed by atoms with E-state index in [2.05, 4.69) is 10.4 Å². The maximum absolute atomic E-state index is 15.2. The number of carboxylic acids is 1. The zero-order valence-electron chi connectivity index (χ0n) is 27.7. The summed E-state index contributed by atoms with van der Waals surface area (Å²) >= 11 is 6.43. The SMILES string of the molecule is Cc1cccc(OCCCC(=O)N2CCCc3c(-c4cnn(Cc5c(F)cc(C(=O)NCCCC(N)C(=O)O)cc5Cl)c4)cccc32)c1C. The number of carboxylic acid groups (broad SMARTS) is 1. The van der Waals surface area contributed by atoms with Crippen molar-refractivity contribution in [1.29, 1.82) is 0 Å². The van der Waals surface area contributed by atoms with Crippen molar-refractivity contribution in [2.45, 2.75) is 65.0 Å². The van der Waals surface area contributed by atoms with Gasteiger partial charge in [-0.05, 0) is 92.5 Å². The van der Waals surface area contributed by atoms with Gasteiger partial charge in [0.05, 0.1) is 19.3 Å². The van der Waals surface area contributed by atoms with Crippen molar-refractivity contribution in [3.63, 3.8) is 0 Å². The van der Waals surface area contributed by atoms with Gasteiger partial charge in [-0.25, -0.2) is 4.39 Å². The van der Waals surface area contributed by atoms with Crippen LogP contribution in [0.15, 0.2) is 60.9 Å². The highest BCUT2D eigenvalue weighted by molar-refractivity contribution is 6.31. The van der Waals surface area contributed by atoms with E-state index in [1.54, 1.807) is 10.9 Å². The summed E-state index contributed by atoms with van der Waals surface area (Å²) in [5, 5.41) is 16.1. The summed E-state index contributed by atoms with van der Waals surface area (Å²) in [5.41, 5.74) is 11.8. The topological polar surface area (TPSA) is 140 Å². The fourth-order valence-electron chi connectivity index (χ4n) is 5.96. The standard InChI is InChI=1S/C37H41ClFN5O5/c1-23-8-3-13-34(24(23)2)49-17-7-14-35(45)44-16-6-10-28-27(9-4-12-33(28)44)26-20-42-43(21-26)22-29-30(38)18-25(19-31(29)39)36(46)41-15-5-11-32(40)37(47)48/h3-4,8-9,12-13,18-21,32H,5-7,10-11,14-17,22,40H2,1-2H3,(H,41,46)(H,47,48). The minimum Gasteiger partial charge on any atom is -0.493 e. The first-order valence-corrected chi connectivity index (χ1v) is 16.8. The van der Waals surface area contributed by atoms with Gasteiger partial charge in [0.1, 0.15) is 17.6 Å². The fraction of sp³-hybridized carbons (Fsp3) is 0.351. The second kappa shape index (κ2) is 16.1. The van der Waals surface area contributed by atoms with Crippen LogP contribution in [0.4, 0.5) is 10.1 Å². The van der Waals surface area contributed by atoms with E-state index >= 15 is 4.39 Å². The molecule has 0 aliphatic carbocycles. The van der Waals surface area contributed by atoms with Gasteiger partial charge in [0, 0.05) is 53.1 Å². The Morgan fingerprint density at radius 3 is 2.71 bits per heavy atom. The highest BCUT2D eigenvalue weighted by atomic mass is 35.5. The molecule has 2 amide bonds. The number of hydrogen-bond donors (Lipinski definition) is 3. The minimum atomic E-state index is -1.11. The van der Waals surface area contributed by atoms with Crippen LogP contribution in [0.5, 0.6) is 5.75 Å². The molecular formula is C37H41ClFN5O5. The number of benzene rings is 3. The molecule has 5 rings (SSSR count). The van der Waals surface area contributed by atoms with Gasteiger partial charge in [0.2, 0.25) is 5.91 Å². The monoisotopic (exact) mass is 689 g/mol. The van der Waals surface area contributed by atoms with Crippen LogP contribution in [0.1, 0.15) is 64.7 Å². The Kier molecular flexibility index (Phi) is 11.7. The summed E-state index contributed by atoms with van der Waals surface area (Å²) in [7, 11) is 0. The summed E-state index contributed by atoms with van der Waals surface area (Å²) < 4.78 is 22.8. The van der Waals surface area contributed by atoms with Crippen LogP contribution in [0, 0.1) is 19.7 Å². The first-order chi connectivity index (χ1) is 23.5. The zero-order chi connectivity index (χ0) is 35.1. The molecule has 4 aromatic rings. The molecule has 1 aliphatic heterocycles. The number of aromatic nitrogens is 2. The molecule has 1 atom stereocenters. The molecule has 1 unspecified atom stereocenters. The van der Waals surface area contributed by atoms with Gasteiger partial charge in [-0.15, -0.1) is 0 Å². The lowest BCUT2D eigenvalue weighted by atomic mass is 9.93. The highest BCUT2D eigenvalue weighted by Crippen LogP contribution is 2.36. The summed E-state index contributed by atoms with van der Waals surface area (Å²) in [4.78, 5) is 38.6. The summed E-state index contributed by atoms with van der Waals surface area (Å²) in [6, 6.07) is 13.4. The number of hydrogen-bond acceptors (Lipinski definition) is 6. The molecule has 0 bridgehead atoms. The van der Waals surface area contributed by atoms with Crippen LogP contribution in [0.2, 0.25) is 5.02 Å². The molecular weight excluding hydrogens is 649 g/mol. The number of aryl methyl sites for hydroxylation is 1. The van der Waals surface area contributed by atoms with Crippen LogP contribution in [-0.2, 0) is 22.6 Å². The molecule has 10 nitrogen and oxygen atoms in total. The van der Waals surface area contributed by atoms with Crippen LogP contribution in [-0.4, -0.2) is 58.4 Å². The number of anilines is 1. The smallest absolute Gasteiger partial charge is 0.320 e. The number of amides is 2. The number of nitrogens with two attached hydrogens (primary N) is 1. The lowest BCUT2D eigenvalue weighted by Crippen LogP contribution is -2.35. The second-order valence-electron chi connectivity index (χ2n) is 12.3. The van der Waals surface area contributed by atoms with Crippen molar-refractivity contribution in [1.82, 2.24) is 15.1 Å². The quantitative estimate of drug-likeness (QED) is 0.137. The normalized spacial score (nSPS) is 13.1. The Hall–Kier alpha value is -4.74. The minimum absolute atomic E-state index is 0.0451. The third-order valence-corrected chi connectivity index (χ3v) is 9.20. The number of aliphatic carboxylic acids is 1. The van der Waals surface area contributed by atoms with E-state index in [1.807, 2.05) is 61.3 Å². The maximum Gasteiger partial charge on any atom is 0.320 e.